The summed E-state index contributed by atoms with van der Waals surface area (Å²) >= 11 is 1.57. The van der Waals surface area contributed by atoms with Gasteiger partial charge in [-0.05, 0) is 31.4 Å². The number of aliphatic hydroxyl groups excluding tert-OH is 1. The Morgan fingerprint density at radius 2 is 2.11 bits per heavy atom. The molecule has 2 rings (SSSR count). The Hall–Kier alpha value is -1.00. The molecule has 3 atom stereocenters. The summed E-state index contributed by atoms with van der Waals surface area (Å²) in [6.45, 7) is 5.20. The first-order valence-electron chi connectivity index (χ1n) is 6.76. The zero-order chi connectivity index (χ0) is 13.8. The van der Waals surface area contributed by atoms with E-state index in [2.05, 4.69) is 0 Å². The van der Waals surface area contributed by atoms with Crippen LogP contribution in [0.5, 0.6) is 0 Å². The Morgan fingerprint density at radius 3 is 2.74 bits per heavy atom. The summed E-state index contributed by atoms with van der Waals surface area (Å²) in [7, 11) is 0. The van der Waals surface area contributed by atoms with E-state index in [1.807, 2.05) is 44.2 Å². The molecule has 3 nitrogen and oxygen atoms in total. The van der Waals surface area contributed by atoms with Gasteiger partial charge in [-0.15, -0.1) is 11.8 Å². The van der Waals surface area contributed by atoms with E-state index >= 15 is 0 Å². The average Bonchev–Trinajstić information content (AvgIpc) is 2.42. The van der Waals surface area contributed by atoms with Gasteiger partial charge in [-0.2, -0.15) is 0 Å². The number of amides is 1. The van der Waals surface area contributed by atoms with Gasteiger partial charge in [0.15, 0.2) is 0 Å². The first-order valence-corrected chi connectivity index (χ1v) is 7.64. The van der Waals surface area contributed by atoms with Crippen LogP contribution in [0.25, 0.3) is 0 Å². The van der Waals surface area contributed by atoms with Crippen LogP contribution < -0.4 is 0 Å². The molecule has 104 valence electrons. The van der Waals surface area contributed by atoms with Crippen molar-refractivity contribution in [2.75, 3.05) is 13.1 Å². The molecule has 0 bridgehead atoms. The third-order valence-electron chi connectivity index (χ3n) is 3.63. The average molecular weight is 279 g/mol. The summed E-state index contributed by atoms with van der Waals surface area (Å²) in [4.78, 5) is 15.3. The second-order valence-electron chi connectivity index (χ2n) is 5.19. The Kier molecular flexibility index (Phi) is 4.88. The molecule has 1 fully saturated rings. The van der Waals surface area contributed by atoms with Crippen molar-refractivity contribution in [2.24, 2.45) is 5.92 Å². The van der Waals surface area contributed by atoms with E-state index in [9.17, 15) is 9.90 Å². The molecule has 19 heavy (non-hydrogen) atoms. The standard InChI is InChI=1S/C15H21NO2S/c1-11-8-9-16(10-14(11)17)15(18)12(2)19-13-6-4-3-5-7-13/h3-7,11-12,14,17H,8-10H2,1-2H3. The van der Waals surface area contributed by atoms with Crippen molar-refractivity contribution in [1.82, 2.24) is 4.90 Å². The quantitative estimate of drug-likeness (QED) is 0.864. The van der Waals surface area contributed by atoms with Gasteiger partial charge in [-0.25, -0.2) is 0 Å². The Morgan fingerprint density at radius 1 is 1.42 bits per heavy atom. The molecule has 1 aliphatic rings. The van der Waals surface area contributed by atoms with Crippen LogP contribution in [-0.4, -0.2) is 40.4 Å². The number of hydrogen-bond donors (Lipinski definition) is 1. The van der Waals surface area contributed by atoms with E-state index in [1.54, 1.807) is 16.7 Å². The van der Waals surface area contributed by atoms with E-state index in [0.29, 0.717) is 12.5 Å². The number of thioether (sulfide) groups is 1. The van der Waals surface area contributed by atoms with Gasteiger partial charge in [0.2, 0.25) is 5.91 Å². The second kappa shape index (κ2) is 6.44. The van der Waals surface area contributed by atoms with Crippen LogP contribution in [0, 0.1) is 5.92 Å². The largest absolute Gasteiger partial charge is 0.391 e. The summed E-state index contributed by atoms with van der Waals surface area (Å²) in [5.74, 6) is 0.418. The van der Waals surface area contributed by atoms with E-state index < -0.39 is 0 Å². The van der Waals surface area contributed by atoms with E-state index in [1.165, 1.54) is 0 Å². The van der Waals surface area contributed by atoms with Crippen molar-refractivity contribution >= 4 is 17.7 Å². The topological polar surface area (TPSA) is 40.5 Å². The zero-order valence-corrected chi connectivity index (χ0v) is 12.3. The summed E-state index contributed by atoms with van der Waals surface area (Å²) in [5.41, 5.74) is 0. The fourth-order valence-electron chi connectivity index (χ4n) is 2.26. The van der Waals surface area contributed by atoms with E-state index in [0.717, 1.165) is 17.9 Å². The fourth-order valence-corrected chi connectivity index (χ4v) is 3.23. The first kappa shape index (κ1) is 14.4. The van der Waals surface area contributed by atoms with Gasteiger partial charge in [0.1, 0.15) is 0 Å². The molecule has 1 saturated heterocycles. The minimum absolute atomic E-state index is 0.108. The number of hydrogen-bond acceptors (Lipinski definition) is 3. The van der Waals surface area contributed by atoms with Crippen LogP contribution in [0.1, 0.15) is 20.3 Å². The number of carbonyl (C=O) groups is 1. The van der Waals surface area contributed by atoms with Crippen LogP contribution in [0.4, 0.5) is 0 Å². The lowest BCUT2D eigenvalue weighted by atomic mass is 9.96. The molecule has 0 aliphatic carbocycles. The predicted octanol–water partition coefficient (Wildman–Crippen LogP) is 2.40. The van der Waals surface area contributed by atoms with Crippen LogP contribution in [0.15, 0.2) is 35.2 Å². The monoisotopic (exact) mass is 279 g/mol. The van der Waals surface area contributed by atoms with Gasteiger partial charge in [0.05, 0.1) is 11.4 Å². The molecule has 1 heterocycles. The molecular formula is C15H21NO2S. The molecule has 0 aromatic heterocycles. The Balaban J connectivity index is 1.92. The van der Waals surface area contributed by atoms with Gasteiger partial charge in [0, 0.05) is 18.0 Å². The number of rotatable bonds is 3. The molecule has 1 amide bonds. The van der Waals surface area contributed by atoms with E-state index in [-0.39, 0.29) is 17.3 Å². The number of β-amino-alcohol motifs (C(OH)–C–C–N with tert-alkyl or cyclic N) is 1. The van der Waals surface area contributed by atoms with Gasteiger partial charge in [-0.3, -0.25) is 4.79 Å². The Bertz CT molecular complexity index is 423. The predicted molar refractivity (Wildman–Crippen MR) is 78.1 cm³/mol. The highest BCUT2D eigenvalue weighted by Crippen LogP contribution is 2.26. The maximum atomic E-state index is 12.3. The molecule has 1 aromatic rings. The highest BCUT2D eigenvalue weighted by molar-refractivity contribution is 8.00. The normalized spacial score (nSPS) is 25.1. The molecular weight excluding hydrogens is 258 g/mol. The second-order valence-corrected chi connectivity index (χ2v) is 6.60. The van der Waals surface area contributed by atoms with Crippen LogP contribution in [0.3, 0.4) is 0 Å². The molecule has 1 aliphatic heterocycles. The van der Waals surface area contributed by atoms with Gasteiger partial charge in [-0.1, -0.05) is 25.1 Å². The van der Waals surface area contributed by atoms with Crippen molar-refractivity contribution in [1.29, 1.82) is 0 Å². The molecule has 0 radical (unpaired) electrons. The first-order chi connectivity index (χ1) is 9.08. The van der Waals surface area contributed by atoms with Crippen molar-refractivity contribution in [3.05, 3.63) is 30.3 Å². The lowest BCUT2D eigenvalue weighted by Crippen LogP contribution is -2.48. The maximum Gasteiger partial charge on any atom is 0.235 e. The molecule has 4 heteroatoms. The minimum Gasteiger partial charge on any atom is -0.391 e. The summed E-state index contributed by atoms with van der Waals surface area (Å²) in [6, 6.07) is 9.96. The lowest BCUT2D eigenvalue weighted by Gasteiger charge is -2.35. The van der Waals surface area contributed by atoms with Crippen molar-refractivity contribution in [2.45, 2.75) is 36.5 Å². The van der Waals surface area contributed by atoms with Gasteiger partial charge >= 0.3 is 0 Å². The molecule has 0 saturated carbocycles. The number of benzene rings is 1. The maximum absolute atomic E-state index is 12.3. The zero-order valence-electron chi connectivity index (χ0n) is 11.5. The summed E-state index contributed by atoms with van der Waals surface area (Å²) in [5, 5.41) is 9.76. The van der Waals surface area contributed by atoms with Gasteiger partial charge in [0.25, 0.3) is 0 Å². The SMILES string of the molecule is CC(Sc1ccccc1)C(=O)N1CCC(C)C(O)C1. The smallest absolute Gasteiger partial charge is 0.235 e. The lowest BCUT2D eigenvalue weighted by molar-refractivity contribution is -0.134. The van der Waals surface area contributed by atoms with Crippen LogP contribution in [0.2, 0.25) is 0 Å². The number of piperidine rings is 1. The van der Waals surface area contributed by atoms with Crippen LogP contribution in [-0.2, 0) is 4.79 Å². The minimum atomic E-state index is -0.383. The number of nitrogens with zero attached hydrogens (tertiary/aromatic N) is 1. The molecule has 3 unspecified atom stereocenters. The number of carbonyl (C=O) groups excluding carboxylic acids is 1. The highest BCUT2D eigenvalue weighted by atomic mass is 32.2. The summed E-state index contributed by atoms with van der Waals surface area (Å²) < 4.78 is 0. The third kappa shape index (κ3) is 3.74. The Labute approximate surface area is 119 Å². The van der Waals surface area contributed by atoms with Crippen molar-refractivity contribution < 1.29 is 9.90 Å². The van der Waals surface area contributed by atoms with Gasteiger partial charge < -0.3 is 10.0 Å². The molecule has 1 N–H and O–H groups in total. The summed E-state index contributed by atoms with van der Waals surface area (Å²) in [6.07, 6.45) is 0.502. The highest BCUT2D eigenvalue weighted by Gasteiger charge is 2.29. The third-order valence-corrected chi connectivity index (χ3v) is 4.73. The van der Waals surface area contributed by atoms with Crippen LogP contribution >= 0.6 is 11.8 Å². The number of aliphatic hydroxyl groups is 1. The van der Waals surface area contributed by atoms with E-state index in [4.69, 9.17) is 0 Å². The van der Waals surface area contributed by atoms with Crippen molar-refractivity contribution in [3.8, 4) is 0 Å². The van der Waals surface area contributed by atoms with Crippen molar-refractivity contribution in [3.63, 3.8) is 0 Å². The molecule has 0 spiro atoms. The molecule has 1 aromatic carbocycles. The fraction of sp³-hybridized carbons (Fsp3) is 0.533. The number of likely N-dealkylation sites (tertiary alicyclic amines) is 1.